The largest absolute Gasteiger partial charge is 0.304 e. The Hall–Kier alpha value is -2.39. The van der Waals surface area contributed by atoms with Crippen molar-refractivity contribution in [2.75, 3.05) is 10.5 Å². The van der Waals surface area contributed by atoms with Crippen molar-refractivity contribution in [1.29, 1.82) is 0 Å². The van der Waals surface area contributed by atoms with E-state index in [1.807, 2.05) is 0 Å². The zero-order valence-electron chi connectivity index (χ0n) is 14.1. The number of hydrogen-bond acceptors (Lipinski definition) is 4. The zero-order chi connectivity index (χ0) is 19.1. The van der Waals surface area contributed by atoms with E-state index < -0.39 is 25.7 Å². The summed E-state index contributed by atoms with van der Waals surface area (Å²) in [5.41, 5.74) is 1.33. The van der Waals surface area contributed by atoms with Crippen LogP contribution >= 0.6 is 0 Å². The molecule has 0 atom stereocenters. The van der Waals surface area contributed by atoms with Gasteiger partial charge in [0.2, 0.25) is 19.9 Å². The average Bonchev–Trinajstić information content (AvgIpc) is 2.90. The third-order valence-electron chi connectivity index (χ3n) is 3.94. The van der Waals surface area contributed by atoms with Gasteiger partial charge in [0.05, 0.1) is 10.6 Å². The number of benzene rings is 1. The number of aryl methyl sites for hydroxylation is 1. The zero-order valence-corrected chi connectivity index (χ0v) is 15.7. The standard InChI is InChI=1S/C17H17FN2O4S2/c1-3-25(21,22)19-14-5-8-16(9-6-14)26(23,24)17-12(2)10-15-7-4-13(18)11-20(15)17/h4-11,19H,3H2,1-2H3. The second-order valence-corrected chi connectivity index (χ2v) is 9.68. The molecule has 138 valence electrons. The maximum absolute atomic E-state index is 13.6. The monoisotopic (exact) mass is 396 g/mol. The minimum absolute atomic E-state index is 0.00990. The second-order valence-electron chi connectivity index (χ2n) is 5.81. The number of anilines is 1. The van der Waals surface area contributed by atoms with Crippen LogP contribution in [0.4, 0.5) is 10.1 Å². The lowest BCUT2D eigenvalue weighted by molar-refractivity contribution is 0.587. The number of rotatable bonds is 5. The molecule has 0 spiro atoms. The third kappa shape index (κ3) is 3.32. The van der Waals surface area contributed by atoms with Gasteiger partial charge in [0.25, 0.3) is 0 Å². The highest BCUT2D eigenvalue weighted by molar-refractivity contribution is 7.92. The number of nitrogens with one attached hydrogen (secondary N) is 1. The van der Waals surface area contributed by atoms with E-state index in [0.29, 0.717) is 11.1 Å². The summed E-state index contributed by atoms with van der Waals surface area (Å²) in [6.07, 6.45) is 1.12. The van der Waals surface area contributed by atoms with E-state index in [4.69, 9.17) is 0 Å². The van der Waals surface area contributed by atoms with Crippen molar-refractivity contribution in [3.8, 4) is 0 Å². The molecule has 1 aromatic carbocycles. The second kappa shape index (κ2) is 6.40. The van der Waals surface area contributed by atoms with Crippen LogP contribution in [0, 0.1) is 12.7 Å². The molecule has 0 saturated carbocycles. The number of aromatic nitrogens is 1. The van der Waals surface area contributed by atoms with E-state index >= 15 is 0 Å². The summed E-state index contributed by atoms with van der Waals surface area (Å²) in [6.45, 7) is 3.14. The highest BCUT2D eigenvalue weighted by atomic mass is 32.2. The summed E-state index contributed by atoms with van der Waals surface area (Å²) in [7, 11) is -7.37. The van der Waals surface area contributed by atoms with Gasteiger partial charge in [-0.2, -0.15) is 0 Å². The van der Waals surface area contributed by atoms with Crippen molar-refractivity contribution in [3.05, 3.63) is 60.0 Å². The van der Waals surface area contributed by atoms with Gasteiger partial charge < -0.3 is 4.40 Å². The van der Waals surface area contributed by atoms with Gasteiger partial charge in [-0.3, -0.25) is 4.72 Å². The van der Waals surface area contributed by atoms with Crippen LogP contribution in [-0.4, -0.2) is 27.0 Å². The Balaban J connectivity index is 2.07. The smallest absolute Gasteiger partial charge is 0.232 e. The molecule has 2 aromatic heterocycles. The fourth-order valence-corrected chi connectivity index (χ4v) is 4.92. The summed E-state index contributed by atoms with van der Waals surface area (Å²) in [4.78, 5) is -0.00990. The van der Waals surface area contributed by atoms with Gasteiger partial charge >= 0.3 is 0 Å². The highest BCUT2D eigenvalue weighted by Crippen LogP contribution is 2.28. The summed E-state index contributed by atoms with van der Waals surface area (Å²) in [5.74, 6) is -0.637. The molecule has 0 aliphatic carbocycles. The number of hydrogen-bond donors (Lipinski definition) is 1. The molecule has 0 unspecified atom stereocenters. The first-order valence-corrected chi connectivity index (χ1v) is 10.9. The van der Waals surface area contributed by atoms with Gasteiger partial charge in [0, 0.05) is 17.4 Å². The minimum atomic E-state index is -3.92. The summed E-state index contributed by atoms with van der Waals surface area (Å²) < 4.78 is 66.4. The molecule has 6 nitrogen and oxygen atoms in total. The fraction of sp³-hybridized carbons (Fsp3) is 0.176. The molecule has 0 saturated heterocycles. The van der Waals surface area contributed by atoms with Gasteiger partial charge in [-0.1, -0.05) is 0 Å². The lowest BCUT2D eigenvalue weighted by Gasteiger charge is -2.09. The minimum Gasteiger partial charge on any atom is -0.304 e. The number of fused-ring (bicyclic) bond motifs is 1. The topological polar surface area (TPSA) is 84.7 Å². The van der Waals surface area contributed by atoms with Gasteiger partial charge in [-0.15, -0.1) is 0 Å². The highest BCUT2D eigenvalue weighted by Gasteiger charge is 2.24. The van der Waals surface area contributed by atoms with E-state index in [1.54, 1.807) is 13.0 Å². The van der Waals surface area contributed by atoms with Crippen molar-refractivity contribution in [2.45, 2.75) is 23.8 Å². The molecular weight excluding hydrogens is 379 g/mol. The predicted molar refractivity (Wildman–Crippen MR) is 97.1 cm³/mol. The molecule has 0 radical (unpaired) electrons. The maximum atomic E-state index is 13.6. The number of halogens is 1. The Kier molecular flexibility index (Phi) is 4.53. The van der Waals surface area contributed by atoms with Gasteiger partial charge in [-0.25, -0.2) is 21.2 Å². The molecule has 9 heteroatoms. The number of sulfonamides is 1. The summed E-state index contributed by atoms with van der Waals surface area (Å²) >= 11 is 0. The Morgan fingerprint density at radius 3 is 2.31 bits per heavy atom. The van der Waals surface area contributed by atoms with Crippen LogP contribution in [-0.2, 0) is 19.9 Å². The first kappa shape index (κ1) is 18.4. The quantitative estimate of drug-likeness (QED) is 0.719. The van der Waals surface area contributed by atoms with Crippen LogP contribution in [0.2, 0.25) is 0 Å². The Morgan fingerprint density at radius 1 is 1.04 bits per heavy atom. The molecule has 0 amide bonds. The van der Waals surface area contributed by atoms with E-state index in [0.717, 1.165) is 6.20 Å². The third-order valence-corrected chi connectivity index (χ3v) is 7.16. The van der Waals surface area contributed by atoms with Crippen molar-refractivity contribution in [1.82, 2.24) is 4.40 Å². The summed E-state index contributed by atoms with van der Waals surface area (Å²) in [5, 5.41) is -0.0195. The molecule has 0 aliphatic heterocycles. The van der Waals surface area contributed by atoms with Gasteiger partial charge in [0.1, 0.15) is 10.8 Å². The maximum Gasteiger partial charge on any atom is 0.232 e. The molecule has 3 aromatic rings. The fourth-order valence-electron chi connectivity index (χ4n) is 2.66. The molecule has 3 rings (SSSR count). The molecule has 1 N–H and O–H groups in total. The van der Waals surface area contributed by atoms with Crippen LogP contribution in [0.25, 0.3) is 5.52 Å². The first-order chi connectivity index (χ1) is 12.1. The molecule has 0 fully saturated rings. The molecular formula is C17H17FN2O4S2. The molecule has 0 bridgehead atoms. The van der Waals surface area contributed by atoms with E-state index in [9.17, 15) is 21.2 Å². The van der Waals surface area contributed by atoms with Crippen molar-refractivity contribution < 1.29 is 21.2 Å². The van der Waals surface area contributed by atoms with Crippen LogP contribution in [0.1, 0.15) is 12.5 Å². The average molecular weight is 396 g/mol. The molecule has 26 heavy (non-hydrogen) atoms. The molecule has 0 aliphatic rings. The van der Waals surface area contributed by atoms with E-state index in [2.05, 4.69) is 4.72 Å². The SMILES string of the molecule is CCS(=O)(=O)Nc1ccc(S(=O)(=O)c2c(C)cc3ccc(F)cn23)cc1. The normalized spacial score (nSPS) is 12.4. The van der Waals surface area contributed by atoms with Crippen molar-refractivity contribution in [3.63, 3.8) is 0 Å². The Bertz CT molecular complexity index is 1180. The lowest BCUT2D eigenvalue weighted by Crippen LogP contribution is -2.14. The van der Waals surface area contributed by atoms with Crippen molar-refractivity contribution in [2.24, 2.45) is 0 Å². The summed E-state index contributed by atoms with van der Waals surface area (Å²) in [6, 6.07) is 9.83. The Labute approximate surface area is 151 Å². The Morgan fingerprint density at radius 2 is 1.69 bits per heavy atom. The van der Waals surface area contributed by atoms with Crippen LogP contribution in [0.5, 0.6) is 0 Å². The number of sulfone groups is 1. The predicted octanol–water partition coefficient (Wildman–Crippen LogP) is 2.98. The van der Waals surface area contributed by atoms with Crippen LogP contribution in [0.3, 0.4) is 0 Å². The number of nitrogens with zero attached hydrogens (tertiary/aromatic N) is 1. The van der Waals surface area contributed by atoms with Gasteiger partial charge in [0.15, 0.2) is 0 Å². The van der Waals surface area contributed by atoms with E-state index in [1.165, 1.54) is 47.7 Å². The lowest BCUT2D eigenvalue weighted by atomic mass is 10.3. The van der Waals surface area contributed by atoms with E-state index in [-0.39, 0.29) is 21.4 Å². The van der Waals surface area contributed by atoms with Crippen LogP contribution < -0.4 is 4.72 Å². The van der Waals surface area contributed by atoms with Crippen molar-refractivity contribution >= 4 is 31.1 Å². The molecule has 2 heterocycles. The first-order valence-electron chi connectivity index (χ1n) is 7.77. The number of pyridine rings is 1. The van der Waals surface area contributed by atoms with Gasteiger partial charge in [-0.05, 0) is 61.9 Å². The van der Waals surface area contributed by atoms with Crippen LogP contribution in [0.15, 0.2) is 58.6 Å².